The SMILES string of the molecule is Cc1cc(-c2ccc3c(c2)OC[C@H]3NC(=O)c2ccnn2C)no1. The number of carbonyl (C=O) groups excluding carboxylic acids is 1. The zero-order valence-corrected chi connectivity index (χ0v) is 13.3. The molecule has 0 aliphatic carbocycles. The van der Waals surface area contributed by atoms with E-state index in [1.165, 1.54) is 0 Å². The van der Waals surface area contributed by atoms with Crippen LogP contribution in [-0.2, 0) is 7.05 Å². The Hall–Kier alpha value is -3.09. The number of fused-ring (bicyclic) bond motifs is 1. The minimum absolute atomic E-state index is 0.173. The molecule has 3 aromatic rings. The number of aryl methyl sites for hydroxylation is 2. The summed E-state index contributed by atoms with van der Waals surface area (Å²) in [5, 5.41) is 11.0. The number of nitrogens with one attached hydrogen (secondary N) is 1. The van der Waals surface area contributed by atoms with Gasteiger partial charge in [0, 0.05) is 30.4 Å². The maximum atomic E-state index is 12.3. The highest BCUT2D eigenvalue weighted by molar-refractivity contribution is 5.92. The first-order valence-electron chi connectivity index (χ1n) is 7.61. The molecule has 0 fully saturated rings. The molecule has 122 valence electrons. The monoisotopic (exact) mass is 324 g/mol. The quantitative estimate of drug-likeness (QED) is 0.799. The molecule has 0 saturated heterocycles. The van der Waals surface area contributed by atoms with Crippen LogP contribution in [0.25, 0.3) is 11.3 Å². The second kappa shape index (κ2) is 5.52. The van der Waals surface area contributed by atoms with E-state index in [9.17, 15) is 4.79 Å². The predicted molar refractivity (Wildman–Crippen MR) is 85.6 cm³/mol. The van der Waals surface area contributed by atoms with E-state index in [-0.39, 0.29) is 11.9 Å². The third-order valence-corrected chi connectivity index (χ3v) is 4.08. The molecule has 1 aliphatic heterocycles. The minimum Gasteiger partial charge on any atom is -0.491 e. The molecule has 0 saturated carbocycles. The molecule has 24 heavy (non-hydrogen) atoms. The number of carbonyl (C=O) groups is 1. The summed E-state index contributed by atoms with van der Waals surface area (Å²) in [6.45, 7) is 2.25. The van der Waals surface area contributed by atoms with Crippen LogP contribution in [0.5, 0.6) is 5.75 Å². The van der Waals surface area contributed by atoms with Gasteiger partial charge in [0.2, 0.25) is 0 Å². The maximum Gasteiger partial charge on any atom is 0.270 e. The van der Waals surface area contributed by atoms with Gasteiger partial charge in [0.25, 0.3) is 5.91 Å². The van der Waals surface area contributed by atoms with Gasteiger partial charge in [0.15, 0.2) is 0 Å². The average molecular weight is 324 g/mol. The highest BCUT2D eigenvalue weighted by Gasteiger charge is 2.27. The molecular weight excluding hydrogens is 308 g/mol. The number of hydrogen-bond acceptors (Lipinski definition) is 5. The van der Waals surface area contributed by atoms with Crippen molar-refractivity contribution in [3.8, 4) is 17.0 Å². The molecule has 0 unspecified atom stereocenters. The lowest BCUT2D eigenvalue weighted by atomic mass is 10.0. The van der Waals surface area contributed by atoms with Crippen LogP contribution in [0.1, 0.15) is 27.9 Å². The minimum atomic E-state index is -0.185. The van der Waals surface area contributed by atoms with Crippen LogP contribution >= 0.6 is 0 Å². The van der Waals surface area contributed by atoms with Gasteiger partial charge in [-0.1, -0.05) is 17.3 Å². The summed E-state index contributed by atoms with van der Waals surface area (Å²) in [5.74, 6) is 1.34. The van der Waals surface area contributed by atoms with Crippen LogP contribution in [0, 0.1) is 6.92 Å². The molecule has 1 aromatic carbocycles. The largest absolute Gasteiger partial charge is 0.491 e. The van der Waals surface area contributed by atoms with Gasteiger partial charge >= 0.3 is 0 Å². The lowest BCUT2D eigenvalue weighted by Gasteiger charge is -2.11. The van der Waals surface area contributed by atoms with E-state index >= 15 is 0 Å². The molecule has 0 spiro atoms. The third-order valence-electron chi connectivity index (χ3n) is 4.08. The molecule has 2 aromatic heterocycles. The number of hydrogen-bond donors (Lipinski definition) is 1. The van der Waals surface area contributed by atoms with Gasteiger partial charge in [0.05, 0.1) is 6.04 Å². The Kier molecular flexibility index (Phi) is 3.34. The fraction of sp³-hybridized carbons (Fsp3) is 0.235. The summed E-state index contributed by atoms with van der Waals surface area (Å²) in [6, 6.07) is 9.20. The van der Waals surface area contributed by atoms with Crippen LogP contribution < -0.4 is 10.1 Å². The lowest BCUT2D eigenvalue weighted by Crippen LogP contribution is -2.30. The molecule has 1 aliphatic rings. The number of ether oxygens (including phenoxy) is 1. The van der Waals surface area contributed by atoms with Crippen molar-refractivity contribution >= 4 is 5.91 Å². The Bertz CT molecular complexity index is 912. The Labute approximate surface area is 138 Å². The number of aromatic nitrogens is 3. The van der Waals surface area contributed by atoms with Crippen molar-refractivity contribution in [3.05, 3.63) is 53.5 Å². The average Bonchev–Trinajstić information content (AvgIpc) is 3.27. The first-order valence-corrected chi connectivity index (χ1v) is 7.61. The van der Waals surface area contributed by atoms with E-state index < -0.39 is 0 Å². The van der Waals surface area contributed by atoms with Gasteiger partial charge < -0.3 is 14.6 Å². The number of rotatable bonds is 3. The van der Waals surface area contributed by atoms with Crippen molar-refractivity contribution in [1.82, 2.24) is 20.3 Å². The van der Waals surface area contributed by atoms with Crippen molar-refractivity contribution in [3.63, 3.8) is 0 Å². The van der Waals surface area contributed by atoms with E-state index in [4.69, 9.17) is 9.26 Å². The van der Waals surface area contributed by atoms with Gasteiger partial charge in [-0.2, -0.15) is 5.10 Å². The Morgan fingerprint density at radius 2 is 2.21 bits per heavy atom. The lowest BCUT2D eigenvalue weighted by molar-refractivity contribution is 0.0920. The van der Waals surface area contributed by atoms with Crippen LogP contribution in [0.15, 0.2) is 41.1 Å². The van der Waals surface area contributed by atoms with Gasteiger partial charge in [-0.3, -0.25) is 9.48 Å². The van der Waals surface area contributed by atoms with Gasteiger partial charge in [0.1, 0.15) is 29.5 Å². The van der Waals surface area contributed by atoms with Gasteiger partial charge in [-0.25, -0.2) is 0 Å². The molecule has 7 nitrogen and oxygen atoms in total. The molecule has 0 bridgehead atoms. The zero-order chi connectivity index (χ0) is 16.7. The number of benzene rings is 1. The third kappa shape index (κ3) is 2.44. The number of nitrogens with zero attached hydrogens (tertiary/aromatic N) is 3. The molecule has 1 N–H and O–H groups in total. The smallest absolute Gasteiger partial charge is 0.270 e. The summed E-state index contributed by atoms with van der Waals surface area (Å²) >= 11 is 0. The maximum absolute atomic E-state index is 12.3. The molecule has 1 amide bonds. The van der Waals surface area contributed by atoms with Crippen molar-refractivity contribution < 1.29 is 14.1 Å². The van der Waals surface area contributed by atoms with E-state index in [0.717, 1.165) is 28.3 Å². The molecule has 0 radical (unpaired) electrons. The van der Waals surface area contributed by atoms with Crippen molar-refractivity contribution in [2.45, 2.75) is 13.0 Å². The van der Waals surface area contributed by atoms with E-state index in [1.807, 2.05) is 31.2 Å². The van der Waals surface area contributed by atoms with E-state index in [1.54, 1.807) is 24.0 Å². The number of amides is 1. The first-order chi connectivity index (χ1) is 11.6. The predicted octanol–water partition coefficient (Wildman–Crippen LogP) is 2.25. The fourth-order valence-electron chi connectivity index (χ4n) is 2.82. The Balaban J connectivity index is 1.56. The summed E-state index contributed by atoms with van der Waals surface area (Å²) in [7, 11) is 1.74. The summed E-state index contributed by atoms with van der Waals surface area (Å²) in [6.07, 6.45) is 1.60. The van der Waals surface area contributed by atoms with Crippen LogP contribution in [0.3, 0.4) is 0 Å². The molecule has 4 rings (SSSR count). The van der Waals surface area contributed by atoms with Gasteiger partial charge in [-0.05, 0) is 19.1 Å². The normalized spacial score (nSPS) is 15.8. The molecule has 1 atom stereocenters. The zero-order valence-electron chi connectivity index (χ0n) is 13.3. The van der Waals surface area contributed by atoms with Crippen molar-refractivity contribution in [1.29, 1.82) is 0 Å². The topological polar surface area (TPSA) is 82.2 Å². The van der Waals surface area contributed by atoms with Crippen molar-refractivity contribution in [2.75, 3.05) is 6.61 Å². The van der Waals surface area contributed by atoms with Crippen LogP contribution in [-0.4, -0.2) is 27.5 Å². The van der Waals surface area contributed by atoms with Crippen molar-refractivity contribution in [2.24, 2.45) is 7.05 Å². The fourth-order valence-corrected chi connectivity index (χ4v) is 2.82. The van der Waals surface area contributed by atoms with Gasteiger partial charge in [-0.15, -0.1) is 0 Å². The molecule has 7 heteroatoms. The van der Waals surface area contributed by atoms with Crippen LogP contribution in [0.4, 0.5) is 0 Å². The van der Waals surface area contributed by atoms with E-state index in [0.29, 0.717) is 12.3 Å². The summed E-state index contributed by atoms with van der Waals surface area (Å²) in [5.41, 5.74) is 3.15. The standard InChI is InChI=1S/C17H16N4O3/c1-10-7-13(20-24-10)11-3-4-12-14(9-23-16(12)8-11)19-17(22)15-5-6-18-21(15)2/h3-8,14H,9H2,1-2H3,(H,19,22)/t14-/m1/s1. The Morgan fingerprint density at radius 1 is 1.33 bits per heavy atom. The second-order valence-electron chi connectivity index (χ2n) is 5.75. The van der Waals surface area contributed by atoms with E-state index in [2.05, 4.69) is 15.6 Å². The Morgan fingerprint density at radius 3 is 2.92 bits per heavy atom. The highest BCUT2D eigenvalue weighted by Crippen LogP contribution is 2.35. The second-order valence-corrected chi connectivity index (χ2v) is 5.75. The molecular formula is C17H16N4O3. The summed E-state index contributed by atoms with van der Waals surface area (Å²) in [4.78, 5) is 12.3. The highest BCUT2D eigenvalue weighted by atomic mass is 16.5. The first kappa shape index (κ1) is 14.5. The summed E-state index contributed by atoms with van der Waals surface area (Å²) < 4.78 is 12.4. The molecule has 3 heterocycles. The van der Waals surface area contributed by atoms with Crippen LogP contribution in [0.2, 0.25) is 0 Å².